The van der Waals surface area contributed by atoms with Crippen molar-refractivity contribution in [2.75, 3.05) is 24.7 Å². The first-order valence-corrected chi connectivity index (χ1v) is 8.03. The second kappa shape index (κ2) is 5.66. The molecule has 1 aromatic rings. The first-order chi connectivity index (χ1) is 8.97. The molecule has 0 atom stereocenters. The zero-order chi connectivity index (χ0) is 13.9. The third-order valence-corrected chi connectivity index (χ3v) is 4.10. The Morgan fingerprint density at radius 3 is 2.58 bits per heavy atom. The Balaban J connectivity index is 2.01. The molecule has 2 rings (SSSR count). The summed E-state index contributed by atoms with van der Waals surface area (Å²) >= 11 is 0. The quantitative estimate of drug-likeness (QED) is 0.839. The van der Waals surface area contributed by atoms with Gasteiger partial charge < -0.3 is 10.6 Å². The molecule has 2 heterocycles. The fourth-order valence-corrected chi connectivity index (χ4v) is 2.56. The summed E-state index contributed by atoms with van der Waals surface area (Å²) in [5, 5.41) is 5.97. The van der Waals surface area contributed by atoms with Gasteiger partial charge in [0.15, 0.2) is 14.9 Å². The number of carbonyl (C=O) groups is 1. The molecule has 6 nitrogen and oxygen atoms in total. The zero-order valence-electron chi connectivity index (χ0n) is 10.7. The van der Waals surface area contributed by atoms with Gasteiger partial charge in [0.25, 0.3) is 0 Å². The largest absolute Gasteiger partial charge is 0.324 e. The molecule has 1 saturated heterocycles. The van der Waals surface area contributed by atoms with Crippen LogP contribution in [0, 0.1) is 5.92 Å². The van der Waals surface area contributed by atoms with Crippen LogP contribution in [0.25, 0.3) is 0 Å². The Morgan fingerprint density at radius 1 is 1.37 bits per heavy atom. The van der Waals surface area contributed by atoms with Gasteiger partial charge in [-0.15, -0.1) is 0 Å². The van der Waals surface area contributed by atoms with E-state index >= 15 is 0 Å². The van der Waals surface area contributed by atoms with Crippen LogP contribution >= 0.6 is 0 Å². The lowest BCUT2D eigenvalue weighted by molar-refractivity contribution is -0.120. The van der Waals surface area contributed by atoms with Crippen molar-refractivity contribution in [2.24, 2.45) is 5.92 Å². The Kier molecular flexibility index (Phi) is 4.16. The molecule has 0 radical (unpaired) electrons. The number of aromatic nitrogens is 1. The van der Waals surface area contributed by atoms with Crippen molar-refractivity contribution in [3.63, 3.8) is 0 Å². The van der Waals surface area contributed by atoms with E-state index in [1.165, 1.54) is 12.3 Å². The van der Waals surface area contributed by atoms with Crippen molar-refractivity contribution in [3.8, 4) is 0 Å². The number of amides is 1. The zero-order valence-corrected chi connectivity index (χ0v) is 11.5. The first kappa shape index (κ1) is 14.0. The number of nitrogens with one attached hydrogen (secondary N) is 2. The summed E-state index contributed by atoms with van der Waals surface area (Å²) in [4.78, 5) is 15.8. The van der Waals surface area contributed by atoms with E-state index in [1.54, 1.807) is 6.07 Å². The summed E-state index contributed by atoms with van der Waals surface area (Å²) in [5.41, 5.74) is 0.524. The first-order valence-electron chi connectivity index (χ1n) is 6.14. The van der Waals surface area contributed by atoms with Crippen LogP contribution in [0.5, 0.6) is 0 Å². The lowest BCUT2D eigenvalue weighted by Crippen LogP contribution is -2.34. The predicted molar refractivity (Wildman–Crippen MR) is 71.6 cm³/mol. The predicted octanol–water partition coefficient (Wildman–Crippen LogP) is 0.423. The maximum atomic E-state index is 12.0. The molecule has 0 unspecified atom stereocenters. The number of pyridine rings is 1. The molecule has 1 aliphatic heterocycles. The highest BCUT2D eigenvalue weighted by Crippen LogP contribution is 2.16. The normalized spacial score (nSPS) is 17.1. The smallest absolute Gasteiger partial charge is 0.227 e. The van der Waals surface area contributed by atoms with E-state index in [1.807, 2.05) is 0 Å². The maximum absolute atomic E-state index is 12.0. The van der Waals surface area contributed by atoms with Crippen LogP contribution in [0.1, 0.15) is 12.8 Å². The molecule has 19 heavy (non-hydrogen) atoms. The second-order valence-corrected chi connectivity index (χ2v) is 6.63. The van der Waals surface area contributed by atoms with Gasteiger partial charge in [0.2, 0.25) is 5.91 Å². The number of sulfone groups is 1. The van der Waals surface area contributed by atoms with Crippen LogP contribution in [0.3, 0.4) is 0 Å². The summed E-state index contributed by atoms with van der Waals surface area (Å²) in [6.07, 6.45) is 4.11. The maximum Gasteiger partial charge on any atom is 0.227 e. The van der Waals surface area contributed by atoms with Gasteiger partial charge in [-0.05, 0) is 38.1 Å². The highest BCUT2D eigenvalue weighted by Gasteiger charge is 2.21. The molecule has 0 bridgehead atoms. The molecule has 0 saturated carbocycles. The number of anilines is 1. The van der Waals surface area contributed by atoms with E-state index in [0.29, 0.717) is 5.69 Å². The van der Waals surface area contributed by atoms with Gasteiger partial charge in [0.1, 0.15) is 0 Å². The Bertz CT molecular complexity index is 548. The van der Waals surface area contributed by atoms with Crippen molar-refractivity contribution in [3.05, 3.63) is 18.3 Å². The monoisotopic (exact) mass is 283 g/mol. The molecular formula is C12H17N3O3S. The SMILES string of the molecule is CS(=O)(=O)c1ccc(NC(=O)C2CCNCC2)cn1. The Labute approximate surface area is 112 Å². The molecule has 0 spiro atoms. The van der Waals surface area contributed by atoms with Crippen molar-refractivity contribution in [1.29, 1.82) is 0 Å². The third kappa shape index (κ3) is 3.74. The average molecular weight is 283 g/mol. The highest BCUT2D eigenvalue weighted by atomic mass is 32.2. The van der Waals surface area contributed by atoms with Gasteiger partial charge in [-0.3, -0.25) is 4.79 Å². The molecule has 1 aromatic heterocycles. The number of carbonyl (C=O) groups excluding carboxylic acids is 1. The minimum absolute atomic E-state index is 0.00682. The minimum atomic E-state index is -3.30. The van der Waals surface area contributed by atoms with Crippen molar-refractivity contribution < 1.29 is 13.2 Å². The van der Waals surface area contributed by atoms with E-state index in [0.717, 1.165) is 32.2 Å². The molecule has 1 fully saturated rings. The van der Waals surface area contributed by atoms with E-state index < -0.39 is 9.84 Å². The fraction of sp³-hybridized carbons (Fsp3) is 0.500. The Morgan fingerprint density at radius 2 is 2.05 bits per heavy atom. The second-order valence-electron chi connectivity index (χ2n) is 4.67. The molecule has 0 aromatic carbocycles. The van der Waals surface area contributed by atoms with Gasteiger partial charge in [0.05, 0.1) is 11.9 Å². The van der Waals surface area contributed by atoms with Crippen molar-refractivity contribution in [1.82, 2.24) is 10.3 Å². The number of nitrogens with zero attached hydrogens (tertiary/aromatic N) is 1. The molecule has 1 amide bonds. The summed E-state index contributed by atoms with van der Waals surface area (Å²) < 4.78 is 22.5. The molecule has 1 aliphatic rings. The van der Waals surface area contributed by atoms with Crippen LogP contribution in [-0.2, 0) is 14.6 Å². The van der Waals surface area contributed by atoms with Crippen molar-refractivity contribution in [2.45, 2.75) is 17.9 Å². The van der Waals surface area contributed by atoms with E-state index in [2.05, 4.69) is 15.6 Å². The van der Waals surface area contributed by atoms with E-state index in [-0.39, 0.29) is 16.9 Å². The summed E-state index contributed by atoms with van der Waals surface area (Å²) in [7, 11) is -3.30. The topological polar surface area (TPSA) is 88.2 Å². The molecular weight excluding hydrogens is 266 g/mol. The standard InChI is InChI=1S/C12H17N3O3S/c1-19(17,18)11-3-2-10(8-14-11)15-12(16)9-4-6-13-7-5-9/h2-3,8-9,13H,4-7H2,1H3,(H,15,16). The third-order valence-electron chi connectivity index (χ3n) is 3.09. The molecule has 2 N–H and O–H groups in total. The van der Waals surface area contributed by atoms with Crippen LogP contribution < -0.4 is 10.6 Å². The van der Waals surface area contributed by atoms with Crippen LogP contribution in [-0.4, -0.2) is 38.7 Å². The summed E-state index contributed by atoms with van der Waals surface area (Å²) in [6, 6.07) is 2.95. The minimum Gasteiger partial charge on any atom is -0.324 e. The van der Waals surface area contributed by atoms with E-state index in [9.17, 15) is 13.2 Å². The number of hydrogen-bond acceptors (Lipinski definition) is 5. The van der Waals surface area contributed by atoms with Gasteiger partial charge in [0, 0.05) is 12.2 Å². The summed E-state index contributed by atoms with van der Waals surface area (Å²) in [5.74, 6) is -0.0220. The molecule has 7 heteroatoms. The summed E-state index contributed by atoms with van der Waals surface area (Å²) in [6.45, 7) is 1.70. The Hall–Kier alpha value is -1.47. The lowest BCUT2D eigenvalue weighted by atomic mass is 9.97. The van der Waals surface area contributed by atoms with Crippen LogP contribution in [0.15, 0.2) is 23.4 Å². The lowest BCUT2D eigenvalue weighted by Gasteiger charge is -2.21. The van der Waals surface area contributed by atoms with Gasteiger partial charge >= 0.3 is 0 Å². The number of piperidine rings is 1. The fourth-order valence-electron chi connectivity index (χ4n) is 2.00. The average Bonchev–Trinajstić information content (AvgIpc) is 2.39. The van der Waals surface area contributed by atoms with Crippen molar-refractivity contribution >= 4 is 21.4 Å². The van der Waals surface area contributed by atoms with E-state index in [4.69, 9.17) is 0 Å². The number of hydrogen-bond donors (Lipinski definition) is 2. The van der Waals surface area contributed by atoms with Crippen LogP contribution in [0.4, 0.5) is 5.69 Å². The van der Waals surface area contributed by atoms with Gasteiger partial charge in [-0.1, -0.05) is 0 Å². The highest BCUT2D eigenvalue weighted by molar-refractivity contribution is 7.90. The van der Waals surface area contributed by atoms with Gasteiger partial charge in [-0.2, -0.15) is 0 Å². The van der Waals surface area contributed by atoms with Gasteiger partial charge in [-0.25, -0.2) is 13.4 Å². The molecule has 104 valence electrons. The molecule has 0 aliphatic carbocycles. The van der Waals surface area contributed by atoms with Crippen LogP contribution in [0.2, 0.25) is 0 Å². The number of rotatable bonds is 3.